The van der Waals surface area contributed by atoms with Gasteiger partial charge < -0.3 is 4.90 Å². The largest absolute Gasteiger partial charge is 0.339 e. The molecule has 0 saturated heterocycles. The molecule has 134 valence electrons. The van der Waals surface area contributed by atoms with E-state index in [9.17, 15) is 4.79 Å². The van der Waals surface area contributed by atoms with E-state index in [4.69, 9.17) is 0 Å². The third-order valence-corrected chi connectivity index (χ3v) is 5.76. The van der Waals surface area contributed by atoms with Crippen LogP contribution in [0, 0.1) is 0 Å². The summed E-state index contributed by atoms with van der Waals surface area (Å²) >= 11 is 1.62. The zero-order valence-corrected chi connectivity index (χ0v) is 15.8. The van der Waals surface area contributed by atoms with E-state index in [1.54, 1.807) is 16.2 Å². The molecule has 0 radical (unpaired) electrons. The number of rotatable bonds is 4. The van der Waals surface area contributed by atoms with Crippen LogP contribution >= 0.6 is 11.3 Å². The molecule has 0 aliphatic carbocycles. The van der Waals surface area contributed by atoms with Gasteiger partial charge in [0.2, 0.25) is 0 Å². The molecule has 1 amide bonds. The van der Waals surface area contributed by atoms with Gasteiger partial charge in [-0.3, -0.25) is 14.8 Å². The maximum absolute atomic E-state index is 12.8. The average Bonchev–Trinajstić information content (AvgIpc) is 3.33. The number of H-pyrrole nitrogens is 1. The number of carbonyl (C=O) groups is 1. The van der Waals surface area contributed by atoms with Gasteiger partial charge in [0.25, 0.3) is 5.91 Å². The smallest absolute Gasteiger partial charge is 0.271 e. The number of carbonyl (C=O) groups excluding carboxylic acids is 1. The van der Waals surface area contributed by atoms with Crippen LogP contribution in [0.25, 0.3) is 11.3 Å². The first kappa shape index (κ1) is 17.0. The molecular weight excluding hydrogens is 344 g/mol. The van der Waals surface area contributed by atoms with Crippen molar-refractivity contribution in [3.63, 3.8) is 0 Å². The van der Waals surface area contributed by atoms with Crippen LogP contribution in [0.4, 0.5) is 0 Å². The second kappa shape index (κ2) is 7.05. The Morgan fingerprint density at radius 2 is 2.15 bits per heavy atom. The predicted molar refractivity (Wildman–Crippen MR) is 104 cm³/mol. The van der Waals surface area contributed by atoms with Crippen LogP contribution in [0.1, 0.15) is 21.6 Å². The Bertz CT molecular complexity index is 902. The summed E-state index contributed by atoms with van der Waals surface area (Å²) in [5, 5.41) is 11.2. The van der Waals surface area contributed by atoms with E-state index in [0.29, 0.717) is 18.3 Å². The van der Waals surface area contributed by atoms with Crippen LogP contribution in [0.5, 0.6) is 0 Å². The maximum atomic E-state index is 12.8. The topological polar surface area (TPSA) is 52.2 Å². The lowest BCUT2D eigenvalue weighted by molar-refractivity contribution is 0.0728. The Balaban J connectivity index is 1.45. The highest BCUT2D eigenvalue weighted by Gasteiger charge is 2.26. The van der Waals surface area contributed by atoms with Gasteiger partial charge in [0.05, 0.1) is 5.69 Å². The third kappa shape index (κ3) is 3.30. The quantitative estimate of drug-likeness (QED) is 0.771. The van der Waals surface area contributed by atoms with Crippen LogP contribution in [0.3, 0.4) is 0 Å². The van der Waals surface area contributed by atoms with Crippen LogP contribution in [0.2, 0.25) is 0 Å². The minimum absolute atomic E-state index is 0.0220. The van der Waals surface area contributed by atoms with Crippen LogP contribution in [0.15, 0.2) is 47.2 Å². The molecule has 1 aliphatic rings. The number of hydrogen-bond donors (Lipinski definition) is 1. The fourth-order valence-electron chi connectivity index (χ4n) is 3.52. The number of nitrogens with zero attached hydrogens (tertiary/aromatic N) is 3. The molecule has 0 saturated carbocycles. The van der Waals surface area contributed by atoms with E-state index < -0.39 is 0 Å². The summed E-state index contributed by atoms with van der Waals surface area (Å²) in [5.41, 5.74) is 5.16. The summed E-state index contributed by atoms with van der Waals surface area (Å²) in [6, 6.07) is 12.7. The van der Waals surface area contributed by atoms with Crippen molar-refractivity contribution < 1.29 is 4.79 Å². The van der Waals surface area contributed by atoms with Gasteiger partial charge in [0.1, 0.15) is 5.69 Å². The first-order chi connectivity index (χ1) is 12.6. The van der Waals surface area contributed by atoms with E-state index in [-0.39, 0.29) is 5.91 Å². The first-order valence-electron chi connectivity index (χ1n) is 8.72. The molecular formula is C20H22N4OS. The molecule has 26 heavy (non-hydrogen) atoms. The zero-order valence-electron chi connectivity index (χ0n) is 15.0. The van der Waals surface area contributed by atoms with E-state index in [1.165, 1.54) is 11.1 Å². The molecule has 5 nitrogen and oxygen atoms in total. The molecule has 0 spiro atoms. The molecule has 6 heteroatoms. The van der Waals surface area contributed by atoms with Gasteiger partial charge in [0.15, 0.2) is 0 Å². The van der Waals surface area contributed by atoms with Crippen LogP contribution < -0.4 is 0 Å². The van der Waals surface area contributed by atoms with Crippen LogP contribution in [-0.4, -0.2) is 52.6 Å². The van der Waals surface area contributed by atoms with Crippen molar-refractivity contribution in [2.75, 3.05) is 20.6 Å². The summed E-state index contributed by atoms with van der Waals surface area (Å²) in [6.45, 7) is 1.62. The van der Waals surface area contributed by atoms with Crippen molar-refractivity contribution in [3.8, 4) is 11.3 Å². The average molecular weight is 366 g/mol. The highest BCUT2D eigenvalue weighted by atomic mass is 32.1. The van der Waals surface area contributed by atoms with Gasteiger partial charge in [0, 0.05) is 37.1 Å². The Morgan fingerprint density at radius 1 is 1.35 bits per heavy atom. The molecule has 1 aromatic carbocycles. The van der Waals surface area contributed by atoms with Crippen molar-refractivity contribution in [2.45, 2.75) is 19.0 Å². The normalized spacial score (nSPS) is 17.1. The van der Waals surface area contributed by atoms with Gasteiger partial charge in [-0.1, -0.05) is 24.3 Å². The van der Waals surface area contributed by atoms with Crippen molar-refractivity contribution in [1.82, 2.24) is 20.0 Å². The Kier molecular flexibility index (Phi) is 4.61. The molecule has 1 N–H and O–H groups in total. The van der Waals surface area contributed by atoms with E-state index in [0.717, 1.165) is 24.2 Å². The molecule has 0 fully saturated rings. The van der Waals surface area contributed by atoms with Gasteiger partial charge in [-0.05, 0) is 42.1 Å². The minimum Gasteiger partial charge on any atom is -0.339 e. The summed E-state index contributed by atoms with van der Waals surface area (Å²) in [6.07, 6.45) is 0.966. The standard InChI is InChI=1S/C20H22N4OS/c1-23-11-15-6-4-3-5-14(15)9-17(23)12-24(2)20(25)19-10-18(21-22-19)16-7-8-26-13-16/h3-8,10,13,17H,9,11-12H2,1-2H3,(H,21,22)/t17-/m0/s1. The van der Waals surface area contributed by atoms with Gasteiger partial charge in [-0.15, -0.1) is 0 Å². The lowest BCUT2D eigenvalue weighted by atomic mass is 9.94. The second-order valence-corrected chi connectivity index (χ2v) is 7.69. The Hall–Kier alpha value is -2.44. The number of hydrogen-bond acceptors (Lipinski definition) is 4. The molecule has 1 aliphatic heterocycles. The lowest BCUT2D eigenvalue weighted by Gasteiger charge is -2.36. The highest BCUT2D eigenvalue weighted by Crippen LogP contribution is 2.23. The summed E-state index contributed by atoms with van der Waals surface area (Å²) in [4.78, 5) is 16.9. The van der Waals surface area contributed by atoms with E-state index in [1.807, 2.05) is 29.9 Å². The number of likely N-dealkylation sites (N-methyl/N-ethyl adjacent to an activating group) is 2. The van der Waals surface area contributed by atoms with E-state index >= 15 is 0 Å². The van der Waals surface area contributed by atoms with Crippen molar-refractivity contribution >= 4 is 17.2 Å². The van der Waals surface area contributed by atoms with E-state index in [2.05, 4.69) is 46.4 Å². The molecule has 0 bridgehead atoms. The number of nitrogens with one attached hydrogen (secondary N) is 1. The summed E-state index contributed by atoms with van der Waals surface area (Å²) in [7, 11) is 3.99. The highest BCUT2D eigenvalue weighted by molar-refractivity contribution is 7.08. The monoisotopic (exact) mass is 366 g/mol. The van der Waals surface area contributed by atoms with Gasteiger partial charge in [-0.2, -0.15) is 16.4 Å². The van der Waals surface area contributed by atoms with Crippen molar-refractivity contribution in [3.05, 3.63) is 64.0 Å². The SMILES string of the molecule is CN(C[C@@H]1Cc2ccccc2CN1C)C(=O)c1cc(-c2ccsc2)n[nH]1. The number of aromatic nitrogens is 2. The molecule has 2 aromatic heterocycles. The molecule has 3 heterocycles. The predicted octanol–water partition coefficient (Wildman–Crippen LogP) is 3.27. The fraction of sp³-hybridized carbons (Fsp3) is 0.300. The van der Waals surface area contributed by atoms with Crippen molar-refractivity contribution in [1.29, 1.82) is 0 Å². The number of aromatic amines is 1. The number of amides is 1. The fourth-order valence-corrected chi connectivity index (χ4v) is 4.17. The molecule has 0 unspecified atom stereocenters. The molecule has 1 atom stereocenters. The third-order valence-electron chi connectivity index (χ3n) is 5.07. The summed E-state index contributed by atoms with van der Waals surface area (Å²) in [5.74, 6) is -0.0220. The zero-order chi connectivity index (χ0) is 18.1. The number of benzene rings is 1. The lowest BCUT2D eigenvalue weighted by Crippen LogP contribution is -2.46. The van der Waals surface area contributed by atoms with Gasteiger partial charge >= 0.3 is 0 Å². The second-order valence-electron chi connectivity index (χ2n) is 6.91. The van der Waals surface area contributed by atoms with Crippen molar-refractivity contribution in [2.24, 2.45) is 0 Å². The first-order valence-corrected chi connectivity index (χ1v) is 9.66. The van der Waals surface area contributed by atoms with Gasteiger partial charge in [-0.25, -0.2) is 0 Å². The Morgan fingerprint density at radius 3 is 2.92 bits per heavy atom. The minimum atomic E-state index is -0.0220. The molecule has 3 aromatic rings. The Labute approximate surface area is 157 Å². The number of thiophene rings is 1. The maximum Gasteiger partial charge on any atom is 0.271 e. The molecule has 4 rings (SSSR count). The number of fused-ring (bicyclic) bond motifs is 1. The summed E-state index contributed by atoms with van der Waals surface area (Å²) < 4.78 is 0. The van der Waals surface area contributed by atoms with Crippen LogP contribution in [-0.2, 0) is 13.0 Å².